The lowest BCUT2D eigenvalue weighted by Gasteiger charge is -2.01. The number of nitrogens with one attached hydrogen (secondary N) is 1. The van der Waals surface area contributed by atoms with Crippen molar-refractivity contribution in [3.8, 4) is 16.9 Å². The third kappa shape index (κ3) is 2.31. The highest BCUT2D eigenvalue weighted by molar-refractivity contribution is 14.1. The largest absolute Gasteiger partial charge is 0.399 e. The topological polar surface area (TPSA) is 89.6 Å². The van der Waals surface area contributed by atoms with Gasteiger partial charge in [0.25, 0.3) is 5.56 Å². The first kappa shape index (κ1) is 12.9. The minimum Gasteiger partial charge on any atom is -0.399 e. The molecule has 0 aliphatic rings. The van der Waals surface area contributed by atoms with Crippen molar-refractivity contribution >= 4 is 28.3 Å². The molecular weight excluding hydrogens is 369 g/mol. The Labute approximate surface area is 127 Å². The summed E-state index contributed by atoms with van der Waals surface area (Å²) in [7, 11) is 0. The van der Waals surface area contributed by atoms with Crippen LogP contribution in [0.15, 0.2) is 47.8 Å². The van der Waals surface area contributed by atoms with Gasteiger partial charge < -0.3 is 10.7 Å². The second-order valence-electron chi connectivity index (χ2n) is 4.16. The van der Waals surface area contributed by atoms with E-state index < -0.39 is 0 Å². The maximum atomic E-state index is 11.6. The Morgan fingerprint density at radius 1 is 1.20 bits per heavy atom. The van der Waals surface area contributed by atoms with Crippen LogP contribution in [0.2, 0.25) is 0 Å². The lowest BCUT2D eigenvalue weighted by molar-refractivity contribution is 0.827. The molecule has 7 heteroatoms. The van der Waals surface area contributed by atoms with Crippen LogP contribution < -0.4 is 11.3 Å². The molecule has 0 amide bonds. The highest BCUT2D eigenvalue weighted by Crippen LogP contribution is 2.21. The minimum atomic E-state index is -0.180. The van der Waals surface area contributed by atoms with Crippen molar-refractivity contribution in [3.05, 3.63) is 56.9 Å². The minimum absolute atomic E-state index is 0.180. The van der Waals surface area contributed by atoms with E-state index in [1.165, 1.54) is 6.33 Å². The van der Waals surface area contributed by atoms with Crippen molar-refractivity contribution in [2.45, 2.75) is 0 Å². The normalized spacial score (nSPS) is 10.7. The molecule has 3 aromatic rings. The molecule has 0 spiro atoms. The zero-order chi connectivity index (χ0) is 14.1. The van der Waals surface area contributed by atoms with Crippen molar-refractivity contribution in [3.63, 3.8) is 0 Å². The first-order valence-electron chi connectivity index (χ1n) is 5.79. The van der Waals surface area contributed by atoms with Gasteiger partial charge >= 0.3 is 0 Å². The molecule has 2 aromatic heterocycles. The van der Waals surface area contributed by atoms with E-state index in [0.29, 0.717) is 15.1 Å². The molecule has 0 aliphatic carbocycles. The van der Waals surface area contributed by atoms with Crippen LogP contribution >= 0.6 is 22.6 Å². The molecule has 0 radical (unpaired) electrons. The van der Waals surface area contributed by atoms with E-state index >= 15 is 0 Å². The zero-order valence-corrected chi connectivity index (χ0v) is 12.4. The molecule has 0 fully saturated rings. The first-order chi connectivity index (χ1) is 9.65. The van der Waals surface area contributed by atoms with Crippen LogP contribution in [0.25, 0.3) is 16.9 Å². The Balaban J connectivity index is 2.04. The average molecular weight is 379 g/mol. The summed E-state index contributed by atoms with van der Waals surface area (Å²) >= 11 is 1.95. The van der Waals surface area contributed by atoms with E-state index in [4.69, 9.17) is 5.73 Å². The maximum absolute atomic E-state index is 11.6. The number of anilines is 1. The number of H-pyrrole nitrogens is 1. The summed E-state index contributed by atoms with van der Waals surface area (Å²) in [6, 6.07) is 7.52. The number of nitrogen functional groups attached to an aromatic ring is 1. The van der Waals surface area contributed by atoms with Crippen LogP contribution in [0.1, 0.15) is 0 Å². The van der Waals surface area contributed by atoms with Crippen molar-refractivity contribution in [2.24, 2.45) is 0 Å². The average Bonchev–Trinajstić information content (AvgIpc) is 2.92. The van der Waals surface area contributed by atoms with Gasteiger partial charge in [0.15, 0.2) is 5.82 Å². The van der Waals surface area contributed by atoms with Crippen molar-refractivity contribution in [1.82, 2.24) is 19.7 Å². The number of hydrogen-bond acceptors (Lipinski definition) is 4. The molecule has 2 heterocycles. The van der Waals surface area contributed by atoms with Gasteiger partial charge in [0, 0.05) is 17.4 Å². The van der Waals surface area contributed by atoms with Crippen LogP contribution in [0.5, 0.6) is 0 Å². The standard InChI is InChI=1S/C13H10IN5O/c14-11-12(16-7-17-13(11)20)19-6-9(5-18-19)8-1-3-10(15)4-2-8/h1-7H,15H2,(H,16,17,20). The molecule has 0 atom stereocenters. The summed E-state index contributed by atoms with van der Waals surface area (Å²) in [5.74, 6) is 0.510. The first-order valence-corrected chi connectivity index (χ1v) is 6.87. The molecule has 20 heavy (non-hydrogen) atoms. The maximum Gasteiger partial charge on any atom is 0.266 e. The lowest BCUT2D eigenvalue weighted by atomic mass is 10.1. The number of halogens is 1. The fourth-order valence-corrected chi connectivity index (χ4v) is 2.34. The Bertz CT molecular complexity index is 806. The summed E-state index contributed by atoms with van der Waals surface area (Å²) in [4.78, 5) is 18.2. The molecule has 0 bridgehead atoms. The third-order valence-corrected chi connectivity index (χ3v) is 3.79. The van der Waals surface area contributed by atoms with Crippen LogP contribution in [-0.2, 0) is 0 Å². The zero-order valence-electron chi connectivity index (χ0n) is 10.2. The summed E-state index contributed by atoms with van der Waals surface area (Å²) in [6.07, 6.45) is 4.92. The predicted molar refractivity (Wildman–Crippen MR) is 84.5 cm³/mol. The summed E-state index contributed by atoms with van der Waals surface area (Å²) in [5.41, 5.74) is 8.14. The van der Waals surface area contributed by atoms with Gasteiger partial charge in [-0.25, -0.2) is 9.67 Å². The van der Waals surface area contributed by atoms with E-state index in [2.05, 4.69) is 15.1 Å². The molecular formula is C13H10IN5O. The molecule has 100 valence electrons. The van der Waals surface area contributed by atoms with Gasteiger partial charge in [0.05, 0.1) is 12.5 Å². The van der Waals surface area contributed by atoms with Crippen molar-refractivity contribution < 1.29 is 0 Å². The fraction of sp³-hybridized carbons (Fsp3) is 0. The molecule has 0 saturated heterocycles. The Morgan fingerprint density at radius 2 is 1.95 bits per heavy atom. The van der Waals surface area contributed by atoms with Crippen LogP contribution in [0.4, 0.5) is 5.69 Å². The van der Waals surface area contributed by atoms with Gasteiger partial charge in [-0.2, -0.15) is 5.10 Å². The Morgan fingerprint density at radius 3 is 2.70 bits per heavy atom. The molecule has 0 saturated carbocycles. The monoisotopic (exact) mass is 379 g/mol. The van der Waals surface area contributed by atoms with Gasteiger partial charge in [0.1, 0.15) is 3.57 Å². The van der Waals surface area contributed by atoms with Crippen molar-refractivity contribution in [1.29, 1.82) is 0 Å². The number of rotatable bonds is 2. The van der Waals surface area contributed by atoms with Crippen molar-refractivity contribution in [2.75, 3.05) is 5.73 Å². The molecule has 0 unspecified atom stereocenters. The molecule has 0 aliphatic heterocycles. The quantitative estimate of drug-likeness (QED) is 0.525. The summed E-state index contributed by atoms with van der Waals surface area (Å²) in [5, 5.41) is 4.25. The number of hydrogen-bond donors (Lipinski definition) is 2. The molecule has 3 N–H and O–H groups in total. The van der Waals surface area contributed by atoms with Gasteiger partial charge in [-0.05, 0) is 40.3 Å². The molecule has 1 aromatic carbocycles. The number of aromatic amines is 1. The number of nitrogens with zero attached hydrogens (tertiary/aromatic N) is 3. The van der Waals surface area contributed by atoms with Gasteiger partial charge in [-0.1, -0.05) is 12.1 Å². The Hall–Kier alpha value is -2.16. The SMILES string of the molecule is Nc1ccc(-c2cnn(-c3nc[nH]c(=O)c3I)c2)cc1. The second-order valence-corrected chi connectivity index (χ2v) is 5.24. The second kappa shape index (κ2) is 5.08. The molecule has 6 nitrogen and oxygen atoms in total. The molecule has 3 rings (SSSR count). The van der Waals surface area contributed by atoms with E-state index in [1.54, 1.807) is 10.9 Å². The lowest BCUT2D eigenvalue weighted by Crippen LogP contribution is -2.15. The fourth-order valence-electron chi connectivity index (χ4n) is 1.80. The van der Waals surface area contributed by atoms with Crippen LogP contribution in [0.3, 0.4) is 0 Å². The number of aromatic nitrogens is 4. The third-order valence-electron chi connectivity index (χ3n) is 2.82. The van der Waals surface area contributed by atoms with Crippen LogP contribution in [0, 0.1) is 3.57 Å². The highest BCUT2D eigenvalue weighted by Gasteiger charge is 2.09. The number of benzene rings is 1. The number of nitrogens with two attached hydrogens (primary N) is 1. The van der Waals surface area contributed by atoms with E-state index in [9.17, 15) is 4.79 Å². The highest BCUT2D eigenvalue weighted by atomic mass is 127. The van der Waals surface area contributed by atoms with Crippen LogP contribution in [-0.4, -0.2) is 19.7 Å². The van der Waals surface area contributed by atoms with Gasteiger partial charge in [0.2, 0.25) is 0 Å². The smallest absolute Gasteiger partial charge is 0.266 e. The van der Waals surface area contributed by atoms with Gasteiger partial charge in [-0.3, -0.25) is 4.79 Å². The Kier molecular flexibility index (Phi) is 3.26. The van der Waals surface area contributed by atoms with Gasteiger partial charge in [-0.15, -0.1) is 0 Å². The van der Waals surface area contributed by atoms with E-state index in [-0.39, 0.29) is 5.56 Å². The van der Waals surface area contributed by atoms with E-state index in [0.717, 1.165) is 11.1 Å². The predicted octanol–water partition coefficient (Wildman–Crippen LogP) is 1.81. The van der Waals surface area contributed by atoms with E-state index in [1.807, 2.05) is 53.1 Å². The summed E-state index contributed by atoms with van der Waals surface area (Å²) in [6.45, 7) is 0. The summed E-state index contributed by atoms with van der Waals surface area (Å²) < 4.78 is 2.08.